The lowest BCUT2D eigenvalue weighted by atomic mass is 10.2. The van der Waals surface area contributed by atoms with Crippen molar-refractivity contribution in [1.29, 1.82) is 0 Å². The van der Waals surface area contributed by atoms with E-state index < -0.39 is 10.0 Å². The van der Waals surface area contributed by atoms with Gasteiger partial charge in [0.15, 0.2) is 0 Å². The molecule has 6 heteroatoms. The molecule has 0 unspecified atom stereocenters. The molecule has 2 aromatic carbocycles. The predicted octanol–water partition coefficient (Wildman–Crippen LogP) is 3.18. The molecule has 122 valence electrons. The lowest BCUT2D eigenvalue weighted by Gasteiger charge is -2.08. The van der Waals surface area contributed by atoms with E-state index in [2.05, 4.69) is 16.9 Å². The third-order valence-corrected chi connectivity index (χ3v) is 4.34. The van der Waals surface area contributed by atoms with Crippen LogP contribution in [-0.4, -0.2) is 21.2 Å². The van der Waals surface area contributed by atoms with Crippen LogP contribution in [0, 0.1) is 0 Å². The first kappa shape index (κ1) is 17.0. The molecule has 0 aliphatic heterocycles. The van der Waals surface area contributed by atoms with Crippen molar-refractivity contribution in [2.75, 3.05) is 6.61 Å². The van der Waals surface area contributed by atoms with Crippen LogP contribution in [0.2, 0.25) is 0 Å². The van der Waals surface area contributed by atoms with E-state index in [1.807, 2.05) is 24.3 Å². The third-order valence-electron chi connectivity index (χ3n) is 3.10. The smallest absolute Gasteiger partial charge is 0.276 e. The van der Waals surface area contributed by atoms with Gasteiger partial charge < -0.3 is 4.74 Å². The zero-order valence-electron chi connectivity index (χ0n) is 13.0. The van der Waals surface area contributed by atoms with Crippen LogP contribution in [0.15, 0.2) is 64.6 Å². The van der Waals surface area contributed by atoms with E-state index in [-0.39, 0.29) is 4.90 Å². The predicted molar refractivity (Wildman–Crippen MR) is 91.2 cm³/mol. The molecule has 0 spiro atoms. The molecule has 0 aliphatic rings. The van der Waals surface area contributed by atoms with E-state index in [1.165, 1.54) is 18.3 Å². The van der Waals surface area contributed by atoms with Gasteiger partial charge in [-0.05, 0) is 30.7 Å². The van der Waals surface area contributed by atoms with Gasteiger partial charge in [-0.1, -0.05) is 43.7 Å². The Morgan fingerprint density at radius 2 is 1.78 bits per heavy atom. The molecule has 0 aliphatic carbocycles. The molecule has 0 fully saturated rings. The van der Waals surface area contributed by atoms with Crippen molar-refractivity contribution in [2.24, 2.45) is 5.10 Å². The van der Waals surface area contributed by atoms with E-state index in [9.17, 15) is 8.42 Å². The van der Waals surface area contributed by atoms with Crippen molar-refractivity contribution in [3.63, 3.8) is 0 Å². The highest BCUT2D eigenvalue weighted by Crippen LogP contribution is 2.16. The number of sulfonamides is 1. The minimum Gasteiger partial charge on any atom is -0.493 e. The topological polar surface area (TPSA) is 67.8 Å². The molecule has 0 atom stereocenters. The molecule has 5 nitrogen and oxygen atoms in total. The van der Waals surface area contributed by atoms with E-state index in [0.29, 0.717) is 12.4 Å². The monoisotopic (exact) mass is 332 g/mol. The Hall–Kier alpha value is -2.34. The normalized spacial score (nSPS) is 11.5. The van der Waals surface area contributed by atoms with Crippen LogP contribution in [0.4, 0.5) is 0 Å². The highest BCUT2D eigenvalue weighted by Gasteiger charge is 2.11. The maximum Gasteiger partial charge on any atom is 0.276 e. The van der Waals surface area contributed by atoms with Crippen molar-refractivity contribution < 1.29 is 13.2 Å². The number of nitrogens with one attached hydrogen (secondary N) is 1. The Balaban J connectivity index is 2.06. The van der Waals surface area contributed by atoms with Gasteiger partial charge in [0.2, 0.25) is 0 Å². The van der Waals surface area contributed by atoms with Crippen LogP contribution < -0.4 is 9.57 Å². The fourth-order valence-electron chi connectivity index (χ4n) is 1.86. The second-order valence-corrected chi connectivity index (χ2v) is 6.57. The first-order valence-electron chi connectivity index (χ1n) is 7.45. The molecule has 0 radical (unpaired) electrons. The molecule has 1 N–H and O–H groups in total. The number of rotatable bonds is 8. The lowest BCUT2D eigenvalue weighted by Crippen LogP contribution is -2.18. The third kappa shape index (κ3) is 5.10. The molecule has 0 saturated heterocycles. The van der Waals surface area contributed by atoms with Gasteiger partial charge in [-0.15, -0.1) is 0 Å². The average molecular weight is 332 g/mol. The molecular formula is C17H20N2O3S. The number of unbranched alkanes of at least 4 members (excludes halogenated alkanes) is 1. The van der Waals surface area contributed by atoms with E-state index in [4.69, 9.17) is 4.74 Å². The second-order valence-electron chi connectivity index (χ2n) is 4.91. The Labute approximate surface area is 137 Å². The molecular weight excluding hydrogens is 312 g/mol. The van der Waals surface area contributed by atoms with Crippen LogP contribution in [-0.2, 0) is 10.0 Å². The summed E-state index contributed by atoms with van der Waals surface area (Å²) in [6.45, 7) is 2.71. The Morgan fingerprint density at radius 1 is 1.09 bits per heavy atom. The van der Waals surface area contributed by atoms with Crippen LogP contribution in [0.25, 0.3) is 0 Å². The van der Waals surface area contributed by atoms with Crippen molar-refractivity contribution in [1.82, 2.24) is 4.83 Å². The zero-order chi connectivity index (χ0) is 16.5. The molecule has 0 aromatic heterocycles. The fraction of sp³-hybridized carbons (Fsp3) is 0.235. The summed E-state index contributed by atoms with van der Waals surface area (Å²) < 4.78 is 29.8. The van der Waals surface area contributed by atoms with Crippen molar-refractivity contribution in [3.8, 4) is 5.75 Å². The standard InChI is InChI=1S/C17H20N2O3S/c1-2-3-13-22-17-12-8-7-9-15(17)14-18-19-23(20,21)16-10-5-4-6-11-16/h4-12,14,19H,2-3,13H2,1H3. The van der Waals surface area contributed by atoms with Crippen molar-refractivity contribution in [3.05, 3.63) is 60.2 Å². The molecule has 0 saturated carbocycles. The summed E-state index contributed by atoms with van der Waals surface area (Å²) in [6, 6.07) is 15.5. The van der Waals surface area contributed by atoms with Gasteiger partial charge in [-0.3, -0.25) is 0 Å². The fourth-order valence-corrected chi connectivity index (χ4v) is 2.68. The van der Waals surface area contributed by atoms with Gasteiger partial charge in [0.05, 0.1) is 17.7 Å². The number of hydrazone groups is 1. The van der Waals surface area contributed by atoms with Crippen LogP contribution in [0.1, 0.15) is 25.3 Å². The Morgan fingerprint density at radius 3 is 2.52 bits per heavy atom. The van der Waals surface area contributed by atoms with Gasteiger partial charge in [-0.25, -0.2) is 4.83 Å². The SMILES string of the molecule is CCCCOc1ccccc1C=NNS(=O)(=O)c1ccccc1. The first-order chi connectivity index (χ1) is 11.1. The quantitative estimate of drug-likeness (QED) is 0.459. The number of nitrogens with zero attached hydrogens (tertiary/aromatic N) is 1. The van der Waals surface area contributed by atoms with Crippen molar-refractivity contribution in [2.45, 2.75) is 24.7 Å². The molecule has 2 aromatic rings. The minimum absolute atomic E-state index is 0.171. The van der Waals surface area contributed by atoms with Crippen molar-refractivity contribution >= 4 is 16.2 Å². The Kier molecular flexibility index (Phi) is 6.17. The highest BCUT2D eigenvalue weighted by molar-refractivity contribution is 7.89. The van der Waals surface area contributed by atoms with Crippen LogP contribution >= 0.6 is 0 Å². The molecule has 0 heterocycles. The molecule has 23 heavy (non-hydrogen) atoms. The summed E-state index contributed by atoms with van der Waals surface area (Å²) in [5.74, 6) is 0.684. The molecule has 0 bridgehead atoms. The maximum atomic E-state index is 12.1. The lowest BCUT2D eigenvalue weighted by molar-refractivity contribution is 0.309. The largest absolute Gasteiger partial charge is 0.493 e. The number of ether oxygens (including phenoxy) is 1. The van der Waals surface area contributed by atoms with Gasteiger partial charge in [0.1, 0.15) is 5.75 Å². The first-order valence-corrected chi connectivity index (χ1v) is 8.93. The maximum absolute atomic E-state index is 12.1. The summed E-state index contributed by atoms with van der Waals surface area (Å²) in [5, 5.41) is 3.84. The summed E-state index contributed by atoms with van der Waals surface area (Å²) in [6.07, 6.45) is 3.46. The van der Waals surface area contributed by atoms with Gasteiger partial charge >= 0.3 is 0 Å². The number of hydrogen-bond acceptors (Lipinski definition) is 4. The van der Waals surface area contributed by atoms with Crippen LogP contribution in [0.5, 0.6) is 5.75 Å². The molecule has 0 amide bonds. The second kappa shape index (κ2) is 8.33. The number of benzene rings is 2. The van der Waals surface area contributed by atoms with Gasteiger partial charge in [0.25, 0.3) is 10.0 Å². The summed E-state index contributed by atoms with van der Waals surface area (Å²) in [4.78, 5) is 2.38. The Bertz CT molecular complexity index is 743. The van der Waals surface area contributed by atoms with E-state index in [1.54, 1.807) is 18.2 Å². The average Bonchev–Trinajstić information content (AvgIpc) is 2.57. The summed E-state index contributed by atoms with van der Waals surface area (Å²) >= 11 is 0. The highest BCUT2D eigenvalue weighted by atomic mass is 32.2. The zero-order valence-corrected chi connectivity index (χ0v) is 13.8. The number of para-hydroxylation sites is 1. The summed E-state index contributed by atoms with van der Waals surface area (Å²) in [5.41, 5.74) is 0.722. The molecule has 2 rings (SSSR count). The summed E-state index contributed by atoms with van der Waals surface area (Å²) in [7, 11) is -3.65. The van der Waals surface area contributed by atoms with E-state index in [0.717, 1.165) is 18.4 Å². The minimum atomic E-state index is -3.65. The van der Waals surface area contributed by atoms with E-state index >= 15 is 0 Å². The van der Waals surface area contributed by atoms with Crippen LogP contribution in [0.3, 0.4) is 0 Å². The van der Waals surface area contributed by atoms with Gasteiger partial charge in [0, 0.05) is 5.56 Å². The van der Waals surface area contributed by atoms with Gasteiger partial charge in [-0.2, -0.15) is 13.5 Å². The number of hydrogen-bond donors (Lipinski definition) is 1.